The van der Waals surface area contributed by atoms with Gasteiger partial charge in [-0.15, -0.1) is 0 Å². The zero-order valence-corrected chi connectivity index (χ0v) is 15.3. The molecule has 2 amide bonds. The summed E-state index contributed by atoms with van der Waals surface area (Å²) in [4.78, 5) is 30.6. The SMILES string of the molecule is Cc1nc(C)c(C(=O)Nc2cc(C(N)=O)ccc2N2CCC[C@@H](C)C2)o1. The summed E-state index contributed by atoms with van der Waals surface area (Å²) in [5.74, 6) is 0.248. The van der Waals surface area contributed by atoms with Crippen LogP contribution in [0.5, 0.6) is 0 Å². The maximum absolute atomic E-state index is 12.6. The topological polar surface area (TPSA) is 101 Å². The molecule has 0 spiro atoms. The van der Waals surface area contributed by atoms with Crippen LogP contribution in [0.4, 0.5) is 11.4 Å². The summed E-state index contributed by atoms with van der Waals surface area (Å²) >= 11 is 0. The first kappa shape index (κ1) is 18.0. The fraction of sp³-hybridized carbons (Fsp3) is 0.421. The van der Waals surface area contributed by atoms with Gasteiger partial charge in [0.25, 0.3) is 5.91 Å². The molecule has 1 atom stereocenters. The smallest absolute Gasteiger partial charge is 0.293 e. The number of aryl methyl sites for hydroxylation is 2. The lowest BCUT2D eigenvalue weighted by molar-refractivity contribution is 0.0987. The third-order valence-corrected chi connectivity index (χ3v) is 4.64. The van der Waals surface area contributed by atoms with E-state index in [1.165, 1.54) is 6.42 Å². The number of hydrogen-bond donors (Lipinski definition) is 2. The maximum Gasteiger partial charge on any atom is 0.293 e. The van der Waals surface area contributed by atoms with Crippen LogP contribution < -0.4 is 16.0 Å². The number of aromatic nitrogens is 1. The molecule has 3 N–H and O–H groups in total. The van der Waals surface area contributed by atoms with Crippen LogP contribution in [0.3, 0.4) is 0 Å². The standard InChI is InChI=1S/C19H24N4O3/c1-11-5-4-8-23(10-11)16-7-6-14(18(20)24)9-15(16)22-19(25)17-12(2)21-13(3)26-17/h6-7,9,11H,4-5,8,10H2,1-3H3,(H2,20,24)(H,22,25)/t11-/m1/s1. The van der Waals surface area contributed by atoms with Gasteiger partial charge in [0.2, 0.25) is 11.7 Å². The van der Waals surface area contributed by atoms with Crippen LogP contribution in [0.1, 0.15) is 52.3 Å². The summed E-state index contributed by atoms with van der Waals surface area (Å²) in [7, 11) is 0. The molecule has 1 aromatic heterocycles. The number of oxazole rings is 1. The Bertz CT molecular complexity index is 843. The van der Waals surface area contributed by atoms with Gasteiger partial charge in [-0.1, -0.05) is 6.92 Å². The fourth-order valence-electron chi connectivity index (χ4n) is 3.39. The molecular formula is C19H24N4O3. The number of rotatable bonds is 4. The quantitative estimate of drug-likeness (QED) is 0.877. The zero-order valence-electron chi connectivity index (χ0n) is 15.3. The first-order valence-corrected chi connectivity index (χ1v) is 8.79. The Kier molecular flexibility index (Phi) is 4.97. The highest BCUT2D eigenvalue weighted by Crippen LogP contribution is 2.31. The van der Waals surface area contributed by atoms with Crippen LogP contribution in [-0.2, 0) is 0 Å². The molecule has 7 nitrogen and oxygen atoms in total. The molecule has 0 aliphatic carbocycles. The third kappa shape index (κ3) is 3.71. The van der Waals surface area contributed by atoms with E-state index in [1.54, 1.807) is 26.0 Å². The highest BCUT2D eigenvalue weighted by atomic mass is 16.4. The Morgan fingerprint density at radius 2 is 2.12 bits per heavy atom. The van der Waals surface area contributed by atoms with Gasteiger partial charge in [-0.3, -0.25) is 9.59 Å². The van der Waals surface area contributed by atoms with Crippen LogP contribution in [-0.4, -0.2) is 29.9 Å². The number of benzene rings is 1. The molecule has 3 rings (SSSR count). The number of nitrogens with one attached hydrogen (secondary N) is 1. The molecule has 1 saturated heterocycles. The van der Waals surface area contributed by atoms with Gasteiger partial charge in [-0.2, -0.15) is 0 Å². The number of nitrogens with zero attached hydrogens (tertiary/aromatic N) is 2. The molecule has 1 aliphatic heterocycles. The minimum atomic E-state index is -0.536. The van der Waals surface area contributed by atoms with Crippen LogP contribution in [0.25, 0.3) is 0 Å². The number of carbonyl (C=O) groups is 2. The molecule has 1 aromatic carbocycles. The van der Waals surface area contributed by atoms with Gasteiger partial charge in [0.1, 0.15) is 0 Å². The average molecular weight is 356 g/mol. The lowest BCUT2D eigenvalue weighted by atomic mass is 9.99. The van der Waals surface area contributed by atoms with Crippen molar-refractivity contribution < 1.29 is 14.0 Å². The first-order chi connectivity index (χ1) is 12.3. The molecule has 0 radical (unpaired) electrons. The summed E-state index contributed by atoms with van der Waals surface area (Å²) in [5.41, 5.74) is 7.71. The third-order valence-electron chi connectivity index (χ3n) is 4.64. The molecule has 0 unspecified atom stereocenters. The van der Waals surface area contributed by atoms with Crippen molar-refractivity contribution in [3.63, 3.8) is 0 Å². The average Bonchev–Trinajstić information content (AvgIpc) is 2.93. The largest absolute Gasteiger partial charge is 0.436 e. The van der Waals surface area contributed by atoms with Gasteiger partial charge >= 0.3 is 0 Å². The van der Waals surface area contributed by atoms with Crippen LogP contribution in [0.2, 0.25) is 0 Å². The van der Waals surface area contributed by atoms with E-state index >= 15 is 0 Å². The lowest BCUT2D eigenvalue weighted by Gasteiger charge is -2.34. The van der Waals surface area contributed by atoms with E-state index in [1.807, 2.05) is 6.07 Å². The second kappa shape index (κ2) is 7.19. The molecule has 2 aromatic rings. The van der Waals surface area contributed by atoms with E-state index in [0.717, 1.165) is 25.2 Å². The van der Waals surface area contributed by atoms with Crippen molar-refractivity contribution in [3.05, 3.63) is 41.1 Å². The van der Waals surface area contributed by atoms with Crippen molar-refractivity contribution in [2.45, 2.75) is 33.6 Å². The Balaban J connectivity index is 1.94. The van der Waals surface area contributed by atoms with Crippen molar-refractivity contribution in [2.24, 2.45) is 11.7 Å². The molecule has 0 bridgehead atoms. The monoisotopic (exact) mass is 356 g/mol. The number of hydrogen-bond acceptors (Lipinski definition) is 5. The number of primary amides is 1. The second-order valence-corrected chi connectivity index (χ2v) is 6.89. The van der Waals surface area contributed by atoms with E-state index < -0.39 is 11.8 Å². The van der Waals surface area contributed by atoms with Crippen molar-refractivity contribution in [1.29, 1.82) is 0 Å². The van der Waals surface area contributed by atoms with Crippen molar-refractivity contribution >= 4 is 23.2 Å². The second-order valence-electron chi connectivity index (χ2n) is 6.89. The van der Waals surface area contributed by atoms with Crippen LogP contribution in [0.15, 0.2) is 22.6 Å². The fourth-order valence-corrected chi connectivity index (χ4v) is 3.39. The summed E-state index contributed by atoms with van der Waals surface area (Å²) in [6.45, 7) is 7.43. The summed E-state index contributed by atoms with van der Waals surface area (Å²) in [6, 6.07) is 5.15. The van der Waals surface area contributed by atoms with Gasteiger partial charge in [-0.25, -0.2) is 4.98 Å². The van der Waals surface area contributed by atoms with Crippen LogP contribution in [0, 0.1) is 19.8 Å². The highest BCUT2D eigenvalue weighted by molar-refractivity contribution is 6.06. The van der Waals surface area contributed by atoms with Crippen molar-refractivity contribution in [1.82, 2.24) is 4.98 Å². The number of carbonyl (C=O) groups excluding carboxylic acids is 2. The minimum absolute atomic E-state index is 0.171. The minimum Gasteiger partial charge on any atom is -0.436 e. The van der Waals surface area contributed by atoms with E-state index in [0.29, 0.717) is 28.8 Å². The van der Waals surface area contributed by atoms with Crippen molar-refractivity contribution in [3.8, 4) is 0 Å². The number of anilines is 2. The molecule has 0 saturated carbocycles. The Morgan fingerprint density at radius 1 is 1.35 bits per heavy atom. The number of piperidine rings is 1. The van der Waals surface area contributed by atoms with E-state index in [4.69, 9.17) is 10.2 Å². The Labute approximate surface area is 152 Å². The molecule has 138 valence electrons. The molecule has 26 heavy (non-hydrogen) atoms. The normalized spacial score (nSPS) is 17.2. The predicted octanol–water partition coefficient (Wildman–Crippen LogP) is 2.88. The summed E-state index contributed by atoms with van der Waals surface area (Å²) in [5, 5.41) is 2.87. The Morgan fingerprint density at radius 3 is 2.73 bits per heavy atom. The molecular weight excluding hydrogens is 332 g/mol. The van der Waals surface area contributed by atoms with Gasteiger partial charge < -0.3 is 20.4 Å². The highest BCUT2D eigenvalue weighted by Gasteiger charge is 2.22. The van der Waals surface area contributed by atoms with E-state index in [2.05, 4.69) is 22.1 Å². The van der Waals surface area contributed by atoms with Crippen LogP contribution >= 0.6 is 0 Å². The maximum atomic E-state index is 12.6. The van der Waals surface area contributed by atoms with Crippen molar-refractivity contribution in [2.75, 3.05) is 23.3 Å². The first-order valence-electron chi connectivity index (χ1n) is 8.79. The van der Waals surface area contributed by atoms with Gasteiger partial charge in [0.05, 0.1) is 17.1 Å². The molecule has 7 heteroatoms. The summed E-state index contributed by atoms with van der Waals surface area (Å²) < 4.78 is 5.40. The zero-order chi connectivity index (χ0) is 18.8. The molecule has 2 heterocycles. The van der Waals surface area contributed by atoms with E-state index in [-0.39, 0.29) is 5.76 Å². The number of amides is 2. The predicted molar refractivity (Wildman–Crippen MR) is 99.5 cm³/mol. The number of nitrogens with two attached hydrogens (primary N) is 1. The van der Waals surface area contributed by atoms with Gasteiger partial charge in [-0.05, 0) is 43.9 Å². The molecule has 1 fully saturated rings. The van der Waals surface area contributed by atoms with Gasteiger partial charge in [0.15, 0.2) is 5.89 Å². The summed E-state index contributed by atoms with van der Waals surface area (Å²) in [6.07, 6.45) is 2.28. The van der Waals surface area contributed by atoms with Gasteiger partial charge in [0, 0.05) is 25.6 Å². The lowest BCUT2D eigenvalue weighted by Crippen LogP contribution is -2.35. The molecule has 1 aliphatic rings. The van der Waals surface area contributed by atoms with E-state index in [9.17, 15) is 9.59 Å². The Hall–Kier alpha value is -2.83.